The van der Waals surface area contributed by atoms with Gasteiger partial charge in [0.2, 0.25) is 0 Å². The lowest BCUT2D eigenvalue weighted by Crippen LogP contribution is -1.99. The molecular formula is C8H8ClNO2S2. The Labute approximate surface area is 94.8 Å². The molecule has 1 heterocycles. The smallest absolute Gasteiger partial charge is 0.309 e. The predicted octanol–water partition coefficient (Wildman–Crippen LogP) is 2.61. The van der Waals surface area contributed by atoms with E-state index in [4.69, 9.17) is 16.7 Å². The SMILES string of the molecule is C=C(Cl)CSc1nc(CC(=O)O)cs1. The Hall–Kier alpha value is -0.520. The Bertz CT molecular complexity index is 351. The number of carbonyl (C=O) groups is 1. The number of rotatable bonds is 5. The number of hydrogen-bond acceptors (Lipinski definition) is 4. The van der Waals surface area contributed by atoms with Crippen molar-refractivity contribution in [3.63, 3.8) is 0 Å². The standard InChI is InChI=1S/C8H8ClNO2S2/c1-5(9)3-13-8-10-6(4-14-8)2-7(11)12/h4H,1-3H2,(H,11,12). The normalized spacial score (nSPS) is 10.1. The number of nitrogens with zero attached hydrogens (tertiary/aromatic N) is 1. The summed E-state index contributed by atoms with van der Waals surface area (Å²) in [4.78, 5) is 14.5. The Balaban J connectivity index is 2.50. The number of aromatic nitrogens is 1. The molecule has 0 aromatic carbocycles. The van der Waals surface area contributed by atoms with Crippen molar-refractivity contribution in [1.29, 1.82) is 0 Å². The van der Waals surface area contributed by atoms with Gasteiger partial charge in [-0.2, -0.15) is 0 Å². The van der Waals surface area contributed by atoms with Crippen LogP contribution in [-0.2, 0) is 11.2 Å². The maximum absolute atomic E-state index is 10.4. The first-order chi connectivity index (χ1) is 6.58. The molecule has 0 fully saturated rings. The number of aliphatic carboxylic acids is 1. The van der Waals surface area contributed by atoms with Crippen LogP contribution in [0.3, 0.4) is 0 Å². The van der Waals surface area contributed by atoms with Gasteiger partial charge in [0, 0.05) is 16.2 Å². The van der Waals surface area contributed by atoms with Gasteiger partial charge in [0.25, 0.3) is 0 Å². The summed E-state index contributed by atoms with van der Waals surface area (Å²) in [5.74, 6) is -0.268. The second-order valence-corrected chi connectivity index (χ2v) is 5.10. The molecule has 3 nitrogen and oxygen atoms in total. The van der Waals surface area contributed by atoms with E-state index in [1.807, 2.05) is 0 Å². The van der Waals surface area contributed by atoms with Gasteiger partial charge in [-0.3, -0.25) is 4.79 Å². The minimum Gasteiger partial charge on any atom is -0.481 e. The molecule has 76 valence electrons. The summed E-state index contributed by atoms with van der Waals surface area (Å²) < 4.78 is 0.822. The highest BCUT2D eigenvalue weighted by Gasteiger charge is 2.06. The lowest BCUT2D eigenvalue weighted by Gasteiger charge is -1.92. The van der Waals surface area contributed by atoms with Crippen molar-refractivity contribution in [3.8, 4) is 0 Å². The van der Waals surface area contributed by atoms with Gasteiger partial charge in [-0.15, -0.1) is 11.3 Å². The minimum atomic E-state index is -0.867. The van der Waals surface area contributed by atoms with Gasteiger partial charge < -0.3 is 5.11 Å². The molecule has 0 spiro atoms. The Morgan fingerprint density at radius 1 is 1.79 bits per heavy atom. The van der Waals surface area contributed by atoms with Crippen LogP contribution in [0.1, 0.15) is 5.69 Å². The lowest BCUT2D eigenvalue weighted by atomic mass is 10.3. The van der Waals surface area contributed by atoms with Crippen LogP contribution in [-0.4, -0.2) is 21.8 Å². The number of carboxylic acids is 1. The Morgan fingerprint density at radius 3 is 3.07 bits per heavy atom. The van der Waals surface area contributed by atoms with E-state index in [0.717, 1.165) is 4.34 Å². The van der Waals surface area contributed by atoms with Gasteiger partial charge in [-0.1, -0.05) is 29.9 Å². The summed E-state index contributed by atoms with van der Waals surface area (Å²) in [6, 6.07) is 0. The van der Waals surface area contributed by atoms with Gasteiger partial charge in [-0.05, 0) is 0 Å². The fourth-order valence-corrected chi connectivity index (χ4v) is 2.49. The average Bonchev–Trinajstić information content (AvgIpc) is 2.47. The largest absolute Gasteiger partial charge is 0.481 e. The highest BCUT2D eigenvalue weighted by molar-refractivity contribution is 8.01. The van der Waals surface area contributed by atoms with Gasteiger partial charge in [0.1, 0.15) is 4.34 Å². The van der Waals surface area contributed by atoms with E-state index in [1.54, 1.807) is 5.38 Å². The third-order valence-electron chi connectivity index (χ3n) is 1.22. The molecule has 0 atom stereocenters. The van der Waals surface area contributed by atoms with E-state index in [9.17, 15) is 4.79 Å². The van der Waals surface area contributed by atoms with Gasteiger partial charge in [0.15, 0.2) is 0 Å². The van der Waals surface area contributed by atoms with Gasteiger partial charge in [-0.25, -0.2) is 4.98 Å². The van der Waals surface area contributed by atoms with E-state index in [0.29, 0.717) is 16.5 Å². The summed E-state index contributed by atoms with van der Waals surface area (Å²) in [6.07, 6.45) is -0.0289. The zero-order valence-electron chi connectivity index (χ0n) is 7.20. The van der Waals surface area contributed by atoms with Crippen LogP contribution in [0.15, 0.2) is 21.3 Å². The monoisotopic (exact) mass is 249 g/mol. The summed E-state index contributed by atoms with van der Waals surface area (Å²) in [6.45, 7) is 3.55. The molecule has 0 unspecified atom stereocenters. The molecule has 0 radical (unpaired) electrons. The Morgan fingerprint density at radius 2 is 2.50 bits per heavy atom. The van der Waals surface area contributed by atoms with Crippen LogP contribution in [0.25, 0.3) is 0 Å². The third-order valence-corrected chi connectivity index (χ3v) is 3.66. The Kier molecular flexibility index (Phi) is 4.44. The number of thioether (sulfide) groups is 1. The maximum atomic E-state index is 10.4. The number of thiazole rings is 1. The van der Waals surface area contributed by atoms with Crippen LogP contribution in [0.4, 0.5) is 0 Å². The summed E-state index contributed by atoms with van der Waals surface area (Å²) in [7, 11) is 0. The van der Waals surface area contributed by atoms with Crippen molar-refractivity contribution in [3.05, 3.63) is 22.7 Å². The highest BCUT2D eigenvalue weighted by Crippen LogP contribution is 2.25. The zero-order valence-corrected chi connectivity index (χ0v) is 9.58. The maximum Gasteiger partial charge on any atom is 0.309 e. The van der Waals surface area contributed by atoms with E-state index in [-0.39, 0.29) is 6.42 Å². The second kappa shape index (κ2) is 5.38. The fourth-order valence-electron chi connectivity index (χ4n) is 0.731. The average molecular weight is 250 g/mol. The summed E-state index contributed by atoms with van der Waals surface area (Å²) >= 11 is 8.47. The van der Waals surface area contributed by atoms with Crippen molar-refractivity contribution < 1.29 is 9.90 Å². The molecule has 1 aromatic rings. The van der Waals surface area contributed by atoms with Crippen LogP contribution in [0.2, 0.25) is 0 Å². The van der Waals surface area contributed by atoms with E-state index in [2.05, 4.69) is 11.6 Å². The second-order valence-electron chi connectivity index (χ2n) is 2.48. The van der Waals surface area contributed by atoms with Crippen molar-refractivity contribution in [1.82, 2.24) is 4.98 Å². The molecular weight excluding hydrogens is 242 g/mol. The molecule has 0 saturated carbocycles. The van der Waals surface area contributed by atoms with Gasteiger partial charge >= 0.3 is 5.97 Å². The highest BCUT2D eigenvalue weighted by atomic mass is 35.5. The van der Waals surface area contributed by atoms with Crippen molar-refractivity contribution in [2.45, 2.75) is 10.8 Å². The number of hydrogen-bond donors (Lipinski definition) is 1. The number of carboxylic acid groups (broad SMARTS) is 1. The molecule has 6 heteroatoms. The first-order valence-electron chi connectivity index (χ1n) is 3.70. The first-order valence-corrected chi connectivity index (χ1v) is 5.94. The predicted molar refractivity (Wildman–Crippen MR) is 59.2 cm³/mol. The zero-order chi connectivity index (χ0) is 10.6. The van der Waals surface area contributed by atoms with Crippen molar-refractivity contribution >= 4 is 40.7 Å². The minimum absolute atomic E-state index is 0.0289. The molecule has 14 heavy (non-hydrogen) atoms. The number of halogens is 1. The van der Waals surface area contributed by atoms with Crippen LogP contribution in [0, 0.1) is 0 Å². The molecule has 1 aromatic heterocycles. The fraction of sp³-hybridized carbons (Fsp3) is 0.250. The summed E-state index contributed by atoms with van der Waals surface area (Å²) in [5.41, 5.74) is 0.588. The van der Waals surface area contributed by atoms with Crippen molar-refractivity contribution in [2.75, 3.05) is 5.75 Å². The third kappa shape index (κ3) is 4.13. The van der Waals surface area contributed by atoms with Crippen LogP contribution in [0.5, 0.6) is 0 Å². The molecule has 0 saturated heterocycles. The van der Waals surface area contributed by atoms with Crippen LogP contribution < -0.4 is 0 Å². The quantitative estimate of drug-likeness (QED) is 0.815. The molecule has 0 bridgehead atoms. The van der Waals surface area contributed by atoms with E-state index in [1.165, 1.54) is 23.1 Å². The molecule has 0 amide bonds. The van der Waals surface area contributed by atoms with Crippen molar-refractivity contribution in [2.24, 2.45) is 0 Å². The van der Waals surface area contributed by atoms with Crippen LogP contribution >= 0.6 is 34.7 Å². The van der Waals surface area contributed by atoms with E-state index >= 15 is 0 Å². The molecule has 0 aliphatic carbocycles. The molecule has 0 aliphatic heterocycles. The molecule has 1 rings (SSSR count). The molecule has 1 N–H and O–H groups in total. The topological polar surface area (TPSA) is 50.2 Å². The lowest BCUT2D eigenvalue weighted by molar-refractivity contribution is -0.136. The van der Waals surface area contributed by atoms with E-state index < -0.39 is 5.97 Å². The first kappa shape index (κ1) is 11.6. The molecule has 0 aliphatic rings. The van der Waals surface area contributed by atoms with Gasteiger partial charge in [0.05, 0.1) is 12.1 Å². The summed E-state index contributed by atoms with van der Waals surface area (Å²) in [5, 5.41) is 10.8.